The van der Waals surface area contributed by atoms with E-state index in [2.05, 4.69) is 19.2 Å². The summed E-state index contributed by atoms with van der Waals surface area (Å²) in [6.45, 7) is 6.62. The highest BCUT2D eigenvalue weighted by Crippen LogP contribution is 2.27. The van der Waals surface area contributed by atoms with E-state index in [4.69, 9.17) is 5.73 Å². The minimum Gasteiger partial charge on any atom is -0.330 e. The Bertz CT molecular complexity index is 162. The topological polar surface area (TPSA) is 38.0 Å². The third-order valence-electron chi connectivity index (χ3n) is 3.78. The molecule has 1 fully saturated rings. The van der Waals surface area contributed by atoms with Crippen molar-refractivity contribution in [3.8, 4) is 0 Å². The second kappa shape index (κ2) is 6.49. The predicted molar refractivity (Wildman–Crippen MR) is 66.9 cm³/mol. The van der Waals surface area contributed by atoms with Crippen molar-refractivity contribution in [1.29, 1.82) is 0 Å². The number of nitrogens with one attached hydrogen (secondary N) is 1. The molecule has 3 N–H and O–H groups in total. The summed E-state index contributed by atoms with van der Waals surface area (Å²) in [6, 6.07) is 0. The minimum atomic E-state index is 0.435. The van der Waals surface area contributed by atoms with Crippen LogP contribution in [-0.2, 0) is 0 Å². The van der Waals surface area contributed by atoms with Gasteiger partial charge in [0.1, 0.15) is 0 Å². The van der Waals surface area contributed by atoms with E-state index in [9.17, 15) is 0 Å². The normalized spacial score (nSPS) is 22.6. The van der Waals surface area contributed by atoms with Crippen LogP contribution >= 0.6 is 0 Å². The molecule has 15 heavy (non-hydrogen) atoms. The molecule has 0 aromatic carbocycles. The lowest BCUT2D eigenvalue weighted by Crippen LogP contribution is -2.44. The summed E-state index contributed by atoms with van der Waals surface area (Å²) >= 11 is 0. The largest absolute Gasteiger partial charge is 0.330 e. The van der Waals surface area contributed by atoms with Crippen molar-refractivity contribution in [2.75, 3.05) is 13.1 Å². The standard InChI is InChI=1S/C13H28N2/c1-12(11-14)7-6-10-15-13(2)8-4-3-5-9-13/h12,15H,3-11,14H2,1-2H3. The third-order valence-corrected chi connectivity index (χ3v) is 3.78. The Morgan fingerprint density at radius 2 is 1.93 bits per heavy atom. The zero-order chi connectivity index (χ0) is 11.1. The fraction of sp³-hybridized carbons (Fsp3) is 1.00. The monoisotopic (exact) mass is 212 g/mol. The summed E-state index contributed by atoms with van der Waals surface area (Å²) < 4.78 is 0. The van der Waals surface area contributed by atoms with Gasteiger partial charge in [0, 0.05) is 5.54 Å². The van der Waals surface area contributed by atoms with E-state index < -0.39 is 0 Å². The van der Waals surface area contributed by atoms with Crippen LogP contribution in [0.5, 0.6) is 0 Å². The molecule has 2 heteroatoms. The van der Waals surface area contributed by atoms with Gasteiger partial charge in [-0.15, -0.1) is 0 Å². The predicted octanol–water partition coefficient (Wildman–Crippen LogP) is 2.67. The number of hydrogen-bond donors (Lipinski definition) is 2. The second-order valence-electron chi connectivity index (χ2n) is 5.53. The van der Waals surface area contributed by atoms with Gasteiger partial charge in [-0.25, -0.2) is 0 Å². The van der Waals surface area contributed by atoms with E-state index in [0.717, 1.165) is 6.54 Å². The second-order valence-corrected chi connectivity index (χ2v) is 5.53. The molecule has 1 unspecified atom stereocenters. The molecule has 0 aromatic rings. The summed E-state index contributed by atoms with van der Waals surface area (Å²) in [5.74, 6) is 0.686. The van der Waals surface area contributed by atoms with Gasteiger partial charge < -0.3 is 11.1 Å². The fourth-order valence-electron chi connectivity index (χ4n) is 2.47. The van der Waals surface area contributed by atoms with Gasteiger partial charge >= 0.3 is 0 Å². The van der Waals surface area contributed by atoms with Gasteiger partial charge in [-0.3, -0.25) is 0 Å². The van der Waals surface area contributed by atoms with Crippen molar-refractivity contribution in [2.24, 2.45) is 11.7 Å². The average Bonchev–Trinajstić information content (AvgIpc) is 2.25. The number of nitrogens with two attached hydrogens (primary N) is 1. The molecule has 2 nitrogen and oxygen atoms in total. The SMILES string of the molecule is CC(CN)CCCNC1(C)CCCCC1. The third kappa shape index (κ3) is 4.98. The highest BCUT2D eigenvalue weighted by atomic mass is 15.0. The molecule has 0 aliphatic heterocycles. The lowest BCUT2D eigenvalue weighted by molar-refractivity contribution is 0.252. The smallest absolute Gasteiger partial charge is 0.0153 e. The molecule has 1 saturated carbocycles. The van der Waals surface area contributed by atoms with E-state index in [1.165, 1.54) is 51.5 Å². The van der Waals surface area contributed by atoms with Crippen LogP contribution in [0.15, 0.2) is 0 Å². The average molecular weight is 212 g/mol. The maximum Gasteiger partial charge on any atom is 0.0153 e. The van der Waals surface area contributed by atoms with Crippen LogP contribution in [0.25, 0.3) is 0 Å². The van der Waals surface area contributed by atoms with E-state index in [0.29, 0.717) is 11.5 Å². The van der Waals surface area contributed by atoms with Gasteiger partial charge in [0.15, 0.2) is 0 Å². The number of rotatable bonds is 6. The van der Waals surface area contributed by atoms with E-state index in [1.54, 1.807) is 0 Å². The first-order valence-electron chi connectivity index (χ1n) is 6.61. The molecule has 1 aliphatic rings. The van der Waals surface area contributed by atoms with Gasteiger partial charge in [-0.05, 0) is 51.6 Å². The van der Waals surface area contributed by atoms with Gasteiger partial charge in [-0.2, -0.15) is 0 Å². The highest BCUT2D eigenvalue weighted by Gasteiger charge is 2.25. The van der Waals surface area contributed by atoms with E-state index >= 15 is 0 Å². The van der Waals surface area contributed by atoms with Crippen LogP contribution in [0.4, 0.5) is 0 Å². The molecule has 0 spiro atoms. The Morgan fingerprint density at radius 1 is 1.27 bits per heavy atom. The molecule has 90 valence electrons. The van der Waals surface area contributed by atoms with E-state index in [1.807, 2.05) is 0 Å². The molecule has 0 saturated heterocycles. The lowest BCUT2D eigenvalue weighted by atomic mass is 9.83. The molecule has 0 heterocycles. The maximum atomic E-state index is 5.60. The van der Waals surface area contributed by atoms with Crippen LogP contribution in [0.3, 0.4) is 0 Å². The first kappa shape index (κ1) is 13.0. The summed E-state index contributed by atoms with van der Waals surface area (Å²) in [6.07, 6.45) is 9.50. The van der Waals surface area contributed by atoms with Gasteiger partial charge in [0.05, 0.1) is 0 Å². The Hall–Kier alpha value is -0.0800. The Morgan fingerprint density at radius 3 is 2.53 bits per heavy atom. The van der Waals surface area contributed by atoms with Crippen molar-refractivity contribution in [2.45, 2.75) is 64.3 Å². The first-order chi connectivity index (χ1) is 7.16. The molecule has 1 rings (SSSR count). The molecule has 0 amide bonds. The molecule has 1 aliphatic carbocycles. The lowest BCUT2D eigenvalue weighted by Gasteiger charge is -2.35. The van der Waals surface area contributed by atoms with Crippen LogP contribution in [0.2, 0.25) is 0 Å². The Kier molecular flexibility index (Phi) is 5.62. The first-order valence-corrected chi connectivity index (χ1v) is 6.61. The van der Waals surface area contributed by atoms with Gasteiger partial charge in [0.2, 0.25) is 0 Å². The van der Waals surface area contributed by atoms with Crippen molar-refractivity contribution >= 4 is 0 Å². The van der Waals surface area contributed by atoms with Crippen molar-refractivity contribution in [1.82, 2.24) is 5.32 Å². The van der Waals surface area contributed by atoms with Crippen LogP contribution in [-0.4, -0.2) is 18.6 Å². The molecule has 0 radical (unpaired) electrons. The van der Waals surface area contributed by atoms with Crippen LogP contribution in [0, 0.1) is 5.92 Å². The van der Waals surface area contributed by atoms with Crippen LogP contribution in [0.1, 0.15) is 58.8 Å². The summed E-state index contributed by atoms with van der Waals surface area (Å²) in [5.41, 5.74) is 6.04. The molecule has 0 bridgehead atoms. The molecular weight excluding hydrogens is 184 g/mol. The molecule has 0 aromatic heterocycles. The quantitative estimate of drug-likeness (QED) is 0.664. The summed E-state index contributed by atoms with van der Waals surface area (Å²) in [4.78, 5) is 0. The Labute approximate surface area is 95.0 Å². The maximum absolute atomic E-state index is 5.60. The molecular formula is C13H28N2. The number of hydrogen-bond acceptors (Lipinski definition) is 2. The molecule has 1 atom stereocenters. The highest BCUT2D eigenvalue weighted by molar-refractivity contribution is 4.85. The fourth-order valence-corrected chi connectivity index (χ4v) is 2.47. The van der Waals surface area contributed by atoms with Crippen molar-refractivity contribution < 1.29 is 0 Å². The zero-order valence-electron chi connectivity index (χ0n) is 10.5. The van der Waals surface area contributed by atoms with Crippen LogP contribution < -0.4 is 11.1 Å². The summed E-state index contributed by atoms with van der Waals surface area (Å²) in [7, 11) is 0. The van der Waals surface area contributed by atoms with Crippen molar-refractivity contribution in [3.63, 3.8) is 0 Å². The Balaban J connectivity index is 2.08. The summed E-state index contributed by atoms with van der Waals surface area (Å²) in [5, 5.41) is 3.74. The zero-order valence-corrected chi connectivity index (χ0v) is 10.5. The van der Waals surface area contributed by atoms with Gasteiger partial charge in [0.25, 0.3) is 0 Å². The minimum absolute atomic E-state index is 0.435. The van der Waals surface area contributed by atoms with Crippen molar-refractivity contribution in [3.05, 3.63) is 0 Å². The van der Waals surface area contributed by atoms with E-state index in [-0.39, 0.29) is 0 Å². The van der Waals surface area contributed by atoms with Gasteiger partial charge in [-0.1, -0.05) is 26.2 Å².